The Hall–Kier alpha value is -2.82. The van der Waals surface area contributed by atoms with Gasteiger partial charge >= 0.3 is 6.18 Å². The Kier molecular flexibility index (Phi) is 4.98. The summed E-state index contributed by atoms with van der Waals surface area (Å²) < 4.78 is 43.6. The van der Waals surface area contributed by atoms with Crippen LogP contribution < -0.4 is 4.74 Å². The number of carbonyl (C=O) groups is 1. The summed E-state index contributed by atoms with van der Waals surface area (Å²) in [5.74, 6) is 0.587. The summed E-state index contributed by atoms with van der Waals surface area (Å²) in [5, 5.41) is 1.37. The normalized spacial score (nSPS) is 11.5. The standard InChI is InChI=1S/C21H17F3O2/c1-26-17-7-8-18-16(12-17)11-15(9-10-21(22,23)24)20(19(18)13-25)14-5-3-2-4-6-14/h2-8,11-13H,9-10H2,1H3. The summed E-state index contributed by atoms with van der Waals surface area (Å²) in [6, 6.07) is 16.0. The van der Waals surface area contributed by atoms with E-state index >= 15 is 0 Å². The first kappa shape index (κ1) is 18.0. The Labute approximate surface area is 149 Å². The Morgan fingerprint density at radius 2 is 1.77 bits per heavy atom. The Morgan fingerprint density at radius 3 is 2.38 bits per heavy atom. The Morgan fingerprint density at radius 1 is 1.04 bits per heavy atom. The predicted octanol–water partition coefficient (Wildman–Crippen LogP) is 5.82. The van der Waals surface area contributed by atoms with Gasteiger partial charge < -0.3 is 4.74 Å². The van der Waals surface area contributed by atoms with E-state index in [2.05, 4.69) is 0 Å². The average molecular weight is 358 g/mol. The van der Waals surface area contributed by atoms with Crippen LogP contribution in [0.4, 0.5) is 13.2 Å². The zero-order valence-corrected chi connectivity index (χ0v) is 14.1. The lowest BCUT2D eigenvalue weighted by atomic mass is 9.88. The molecule has 0 saturated carbocycles. The molecular formula is C21H17F3O2. The summed E-state index contributed by atoms with van der Waals surface area (Å²) in [6.07, 6.45) is -4.69. The van der Waals surface area contributed by atoms with Gasteiger partial charge in [-0.25, -0.2) is 0 Å². The minimum Gasteiger partial charge on any atom is -0.497 e. The van der Waals surface area contributed by atoms with Crippen LogP contribution >= 0.6 is 0 Å². The highest BCUT2D eigenvalue weighted by Gasteiger charge is 2.27. The zero-order valence-electron chi connectivity index (χ0n) is 14.1. The quantitative estimate of drug-likeness (QED) is 0.537. The second-order valence-electron chi connectivity index (χ2n) is 6.01. The maximum absolute atomic E-state index is 12.8. The van der Waals surface area contributed by atoms with Gasteiger partial charge in [0.2, 0.25) is 0 Å². The fourth-order valence-corrected chi connectivity index (χ4v) is 3.14. The van der Waals surface area contributed by atoms with Gasteiger partial charge in [-0.15, -0.1) is 0 Å². The number of fused-ring (bicyclic) bond motifs is 1. The van der Waals surface area contributed by atoms with Gasteiger partial charge in [-0.2, -0.15) is 13.2 Å². The van der Waals surface area contributed by atoms with Crippen LogP contribution in [0.5, 0.6) is 5.75 Å². The minimum atomic E-state index is -4.27. The first-order chi connectivity index (χ1) is 12.4. The van der Waals surface area contributed by atoms with Gasteiger partial charge in [0.15, 0.2) is 6.29 Å². The maximum atomic E-state index is 12.8. The predicted molar refractivity (Wildman–Crippen MR) is 95.7 cm³/mol. The van der Waals surface area contributed by atoms with Gasteiger partial charge in [0.1, 0.15) is 5.75 Å². The lowest BCUT2D eigenvalue weighted by Crippen LogP contribution is -2.09. The molecule has 5 heteroatoms. The highest BCUT2D eigenvalue weighted by Crippen LogP contribution is 2.36. The van der Waals surface area contributed by atoms with Crippen molar-refractivity contribution < 1.29 is 22.7 Å². The van der Waals surface area contributed by atoms with Crippen LogP contribution in [0.3, 0.4) is 0 Å². The number of carbonyl (C=O) groups excluding carboxylic acids is 1. The summed E-state index contributed by atoms with van der Waals surface area (Å²) in [4.78, 5) is 11.9. The number of hydrogen-bond donors (Lipinski definition) is 0. The lowest BCUT2D eigenvalue weighted by molar-refractivity contribution is -0.133. The highest BCUT2D eigenvalue weighted by atomic mass is 19.4. The highest BCUT2D eigenvalue weighted by molar-refractivity contribution is 6.06. The summed E-state index contributed by atoms with van der Waals surface area (Å²) in [5.41, 5.74) is 2.18. The van der Waals surface area contributed by atoms with Crippen LogP contribution in [0.15, 0.2) is 54.6 Å². The van der Waals surface area contributed by atoms with Gasteiger partial charge in [-0.1, -0.05) is 36.4 Å². The van der Waals surface area contributed by atoms with Crippen molar-refractivity contribution in [3.8, 4) is 16.9 Å². The molecule has 134 valence electrons. The van der Waals surface area contributed by atoms with Crippen LogP contribution in [0, 0.1) is 0 Å². The van der Waals surface area contributed by atoms with Crippen LogP contribution in [0.25, 0.3) is 21.9 Å². The van der Waals surface area contributed by atoms with Crippen molar-refractivity contribution in [2.24, 2.45) is 0 Å². The second-order valence-corrected chi connectivity index (χ2v) is 6.01. The SMILES string of the molecule is COc1ccc2c(C=O)c(-c3ccccc3)c(CCC(F)(F)F)cc2c1. The number of aryl methyl sites for hydroxylation is 1. The third kappa shape index (κ3) is 3.72. The molecule has 3 aromatic rings. The van der Waals surface area contributed by atoms with Crippen molar-refractivity contribution in [1.29, 1.82) is 0 Å². The number of methoxy groups -OCH3 is 1. The number of rotatable bonds is 5. The molecule has 0 aliphatic heterocycles. The third-order valence-corrected chi connectivity index (χ3v) is 4.33. The molecule has 0 N–H and O–H groups in total. The summed E-state index contributed by atoms with van der Waals surface area (Å²) in [6.45, 7) is 0. The molecule has 0 aliphatic carbocycles. The van der Waals surface area contributed by atoms with Crippen LogP contribution in [-0.4, -0.2) is 19.6 Å². The van der Waals surface area contributed by atoms with E-state index in [4.69, 9.17) is 4.74 Å². The van der Waals surface area contributed by atoms with Crippen LogP contribution in [0.2, 0.25) is 0 Å². The summed E-state index contributed by atoms with van der Waals surface area (Å²) in [7, 11) is 1.52. The number of benzene rings is 3. The molecule has 0 saturated heterocycles. The van der Waals surface area contributed by atoms with Crippen LogP contribution in [-0.2, 0) is 6.42 Å². The molecule has 0 spiro atoms. The molecule has 0 aliphatic rings. The summed E-state index contributed by atoms with van der Waals surface area (Å²) >= 11 is 0. The van der Waals surface area contributed by atoms with E-state index in [1.807, 2.05) is 6.07 Å². The van der Waals surface area contributed by atoms with E-state index in [0.29, 0.717) is 39.5 Å². The first-order valence-corrected chi connectivity index (χ1v) is 8.14. The third-order valence-electron chi connectivity index (χ3n) is 4.33. The molecule has 0 bridgehead atoms. The van der Waals surface area contributed by atoms with E-state index in [-0.39, 0.29) is 6.42 Å². The van der Waals surface area contributed by atoms with Gasteiger partial charge in [-0.05, 0) is 52.1 Å². The van der Waals surface area contributed by atoms with Crippen molar-refractivity contribution in [2.75, 3.05) is 7.11 Å². The van der Waals surface area contributed by atoms with Gasteiger partial charge in [-0.3, -0.25) is 4.79 Å². The minimum absolute atomic E-state index is 0.193. The molecule has 0 unspecified atom stereocenters. The number of halogens is 3. The number of ether oxygens (including phenoxy) is 1. The van der Waals surface area contributed by atoms with E-state index in [1.54, 1.807) is 48.5 Å². The molecule has 2 nitrogen and oxygen atoms in total. The molecule has 3 rings (SSSR count). The zero-order chi connectivity index (χ0) is 18.7. The Bertz CT molecular complexity index is 931. The topological polar surface area (TPSA) is 26.3 Å². The number of hydrogen-bond acceptors (Lipinski definition) is 2. The van der Waals surface area contributed by atoms with Crippen molar-refractivity contribution in [1.82, 2.24) is 0 Å². The smallest absolute Gasteiger partial charge is 0.389 e. The fourth-order valence-electron chi connectivity index (χ4n) is 3.14. The largest absolute Gasteiger partial charge is 0.497 e. The Balaban J connectivity index is 2.27. The second kappa shape index (κ2) is 7.20. The van der Waals surface area contributed by atoms with E-state index in [1.165, 1.54) is 7.11 Å². The molecule has 0 amide bonds. The fraction of sp³-hybridized carbons (Fsp3) is 0.190. The molecule has 3 aromatic carbocycles. The van der Waals surface area contributed by atoms with Gasteiger partial charge in [0, 0.05) is 12.0 Å². The molecule has 0 aromatic heterocycles. The van der Waals surface area contributed by atoms with Crippen molar-refractivity contribution in [3.63, 3.8) is 0 Å². The molecule has 0 fully saturated rings. The molecule has 0 radical (unpaired) electrons. The van der Waals surface area contributed by atoms with E-state index in [9.17, 15) is 18.0 Å². The van der Waals surface area contributed by atoms with Crippen molar-refractivity contribution in [3.05, 3.63) is 65.7 Å². The molecule has 0 atom stereocenters. The van der Waals surface area contributed by atoms with Gasteiger partial charge in [0.25, 0.3) is 0 Å². The molecule has 26 heavy (non-hydrogen) atoms. The molecular weight excluding hydrogens is 341 g/mol. The molecule has 0 heterocycles. The maximum Gasteiger partial charge on any atom is 0.389 e. The number of aldehydes is 1. The first-order valence-electron chi connectivity index (χ1n) is 8.14. The average Bonchev–Trinajstić information content (AvgIpc) is 2.64. The van der Waals surface area contributed by atoms with Crippen LogP contribution in [0.1, 0.15) is 22.3 Å². The number of alkyl halides is 3. The monoisotopic (exact) mass is 358 g/mol. The van der Waals surface area contributed by atoms with E-state index < -0.39 is 12.6 Å². The van der Waals surface area contributed by atoms with Gasteiger partial charge in [0.05, 0.1) is 7.11 Å². The lowest BCUT2D eigenvalue weighted by Gasteiger charge is -2.17. The van der Waals surface area contributed by atoms with Crippen molar-refractivity contribution >= 4 is 17.1 Å². The van der Waals surface area contributed by atoms with Crippen molar-refractivity contribution in [2.45, 2.75) is 19.0 Å². The van der Waals surface area contributed by atoms with E-state index in [0.717, 1.165) is 5.56 Å².